The molecular weight excluding hydrogens is 334 g/mol. The molecule has 88 valence electrons. The fraction of sp³-hybridized carbons (Fsp3) is 0.444. The van der Waals surface area contributed by atoms with Crippen molar-refractivity contribution in [1.82, 2.24) is 9.47 Å². The second kappa shape index (κ2) is 3.94. The van der Waals surface area contributed by atoms with Crippen molar-refractivity contribution in [2.45, 2.75) is 6.18 Å². The quantitative estimate of drug-likeness (QED) is 0.692. The summed E-state index contributed by atoms with van der Waals surface area (Å²) in [5.74, 6) is 0. The summed E-state index contributed by atoms with van der Waals surface area (Å²) in [6.45, 7) is -0.901. The number of aromatic nitrogens is 1. The van der Waals surface area contributed by atoms with Gasteiger partial charge in [-0.05, 0) is 22.6 Å². The molecule has 0 bridgehead atoms. The van der Waals surface area contributed by atoms with Gasteiger partial charge in [-0.25, -0.2) is 4.99 Å². The molecule has 1 aliphatic heterocycles. The Morgan fingerprint density at radius 3 is 2.81 bits per heavy atom. The van der Waals surface area contributed by atoms with Crippen LogP contribution in [0.5, 0.6) is 0 Å². The molecule has 0 saturated heterocycles. The van der Waals surface area contributed by atoms with E-state index in [0.717, 1.165) is 14.3 Å². The second-order valence-corrected chi connectivity index (χ2v) is 4.78. The zero-order valence-electron chi connectivity index (χ0n) is 8.42. The zero-order valence-corrected chi connectivity index (χ0v) is 10.6. The van der Waals surface area contributed by atoms with Crippen LogP contribution in [-0.2, 0) is 7.05 Å². The Morgan fingerprint density at radius 2 is 2.19 bits per heavy atom. The molecule has 0 aromatic carbocycles. The first-order chi connectivity index (χ1) is 7.37. The van der Waals surface area contributed by atoms with Crippen LogP contribution in [-0.4, -0.2) is 28.9 Å². The minimum Gasteiger partial charge on any atom is -0.348 e. The van der Waals surface area contributed by atoms with E-state index in [4.69, 9.17) is 0 Å². The van der Waals surface area contributed by atoms with Gasteiger partial charge in [-0.2, -0.15) is 13.2 Å². The second-order valence-electron chi connectivity index (χ2n) is 3.62. The molecule has 0 unspecified atom stereocenters. The molecule has 3 nitrogen and oxygen atoms in total. The number of halogens is 4. The average Bonchev–Trinajstić information content (AvgIpc) is 2.40. The van der Waals surface area contributed by atoms with Gasteiger partial charge in [-0.3, -0.25) is 0 Å². The van der Waals surface area contributed by atoms with Crippen LogP contribution in [0.15, 0.2) is 11.2 Å². The molecule has 1 aromatic heterocycles. The molecule has 7 heteroatoms. The van der Waals surface area contributed by atoms with E-state index in [0.29, 0.717) is 0 Å². The van der Waals surface area contributed by atoms with Crippen LogP contribution in [0.25, 0.3) is 6.20 Å². The highest BCUT2D eigenvalue weighted by Gasteiger charge is 2.30. The molecule has 0 atom stereocenters. The van der Waals surface area contributed by atoms with Gasteiger partial charge in [0, 0.05) is 28.2 Å². The largest absolute Gasteiger partial charge is 0.405 e. The summed E-state index contributed by atoms with van der Waals surface area (Å²) in [7, 11) is 1.83. The minimum atomic E-state index is -4.19. The maximum absolute atomic E-state index is 12.2. The molecule has 0 radical (unpaired) electrons. The standard InChI is InChI=1S/C9H9F3IN3/c1-15-3-7(13)6-2-16(4-9(10,11)12)5-14-8(6)15/h2-3H,4-5H2,1H3. The first kappa shape index (κ1) is 11.7. The van der Waals surface area contributed by atoms with Gasteiger partial charge in [0.1, 0.15) is 18.7 Å². The summed E-state index contributed by atoms with van der Waals surface area (Å²) >= 11 is 2.09. The molecule has 1 aromatic rings. The van der Waals surface area contributed by atoms with Crippen molar-refractivity contribution in [3.8, 4) is 0 Å². The monoisotopic (exact) mass is 343 g/mol. The highest BCUT2D eigenvalue weighted by Crippen LogP contribution is 2.16. The van der Waals surface area contributed by atoms with E-state index in [1.165, 1.54) is 11.1 Å². The number of rotatable bonds is 1. The minimum absolute atomic E-state index is 0.0560. The van der Waals surface area contributed by atoms with E-state index in [-0.39, 0.29) is 6.67 Å². The fourth-order valence-electron chi connectivity index (χ4n) is 1.62. The predicted molar refractivity (Wildman–Crippen MR) is 61.0 cm³/mol. The number of hydrogen-bond acceptors (Lipinski definition) is 2. The van der Waals surface area contributed by atoms with Gasteiger partial charge >= 0.3 is 6.18 Å². The molecule has 1 aliphatic rings. The van der Waals surface area contributed by atoms with Crippen molar-refractivity contribution in [3.63, 3.8) is 0 Å². The number of hydrogen-bond donors (Lipinski definition) is 0. The van der Waals surface area contributed by atoms with E-state index in [2.05, 4.69) is 27.6 Å². The van der Waals surface area contributed by atoms with Crippen LogP contribution >= 0.6 is 22.6 Å². The fourth-order valence-corrected chi connectivity index (χ4v) is 2.42. The third-order valence-corrected chi connectivity index (χ3v) is 3.10. The SMILES string of the molecule is Cn1cc(I)c2c1=NCN(CC(F)(F)F)C=2. The van der Waals surface area contributed by atoms with Crippen molar-refractivity contribution in [3.05, 3.63) is 20.5 Å². The first-order valence-electron chi connectivity index (χ1n) is 4.55. The third kappa shape index (κ3) is 2.33. The van der Waals surface area contributed by atoms with Crippen LogP contribution in [0, 0.1) is 3.57 Å². The summed E-state index contributed by atoms with van der Waals surface area (Å²) in [5.41, 5.74) is 0.739. The van der Waals surface area contributed by atoms with Gasteiger partial charge in [0.05, 0.1) is 0 Å². The Morgan fingerprint density at radius 1 is 1.50 bits per heavy atom. The van der Waals surface area contributed by atoms with Crippen molar-refractivity contribution < 1.29 is 13.2 Å². The molecule has 2 rings (SSSR count). The Hall–Kier alpha value is -0.730. The lowest BCUT2D eigenvalue weighted by molar-refractivity contribution is -0.138. The number of aryl methyl sites for hydroxylation is 1. The van der Waals surface area contributed by atoms with Gasteiger partial charge in [-0.15, -0.1) is 0 Å². The number of nitrogens with zero attached hydrogens (tertiary/aromatic N) is 3. The van der Waals surface area contributed by atoms with Crippen LogP contribution in [0.1, 0.15) is 0 Å². The van der Waals surface area contributed by atoms with Crippen LogP contribution in [0.3, 0.4) is 0 Å². The Labute approximate surface area is 103 Å². The number of fused-ring (bicyclic) bond motifs is 1. The van der Waals surface area contributed by atoms with Crippen LogP contribution < -0.4 is 10.7 Å². The molecule has 0 saturated carbocycles. The summed E-state index contributed by atoms with van der Waals surface area (Å²) in [5, 5.41) is 0.763. The average molecular weight is 343 g/mol. The maximum atomic E-state index is 12.2. The van der Waals surface area contributed by atoms with E-state index < -0.39 is 12.7 Å². The molecule has 0 fully saturated rings. The van der Waals surface area contributed by atoms with E-state index in [9.17, 15) is 13.2 Å². The normalized spacial score (nSPS) is 15.4. The molecule has 2 heterocycles. The molecule has 0 aliphatic carbocycles. The first-order valence-corrected chi connectivity index (χ1v) is 5.63. The smallest absolute Gasteiger partial charge is 0.348 e. The summed E-state index contributed by atoms with van der Waals surface area (Å²) in [6, 6.07) is 0. The third-order valence-electron chi connectivity index (χ3n) is 2.24. The Balaban J connectivity index is 2.37. The summed E-state index contributed by atoms with van der Waals surface area (Å²) in [6.07, 6.45) is -0.816. The van der Waals surface area contributed by atoms with Crippen LogP contribution in [0.2, 0.25) is 0 Å². The van der Waals surface area contributed by atoms with Gasteiger partial charge in [0.25, 0.3) is 0 Å². The van der Waals surface area contributed by atoms with Gasteiger partial charge < -0.3 is 9.47 Å². The Kier molecular flexibility index (Phi) is 2.89. The maximum Gasteiger partial charge on any atom is 0.405 e. The predicted octanol–water partition coefficient (Wildman–Crippen LogP) is 0.823. The lowest BCUT2D eigenvalue weighted by Gasteiger charge is -2.21. The molecule has 0 amide bonds. The van der Waals surface area contributed by atoms with E-state index in [1.807, 2.05) is 17.8 Å². The molecule has 0 N–H and O–H groups in total. The Bertz CT molecular complexity index is 517. The van der Waals surface area contributed by atoms with Crippen molar-refractivity contribution in [2.75, 3.05) is 13.2 Å². The lowest BCUT2D eigenvalue weighted by atomic mass is 10.4. The van der Waals surface area contributed by atoms with Gasteiger partial charge in [0.15, 0.2) is 0 Å². The van der Waals surface area contributed by atoms with E-state index in [1.54, 1.807) is 0 Å². The van der Waals surface area contributed by atoms with E-state index >= 15 is 0 Å². The highest BCUT2D eigenvalue weighted by atomic mass is 127. The summed E-state index contributed by atoms with van der Waals surface area (Å²) in [4.78, 5) is 5.30. The highest BCUT2D eigenvalue weighted by molar-refractivity contribution is 14.1. The van der Waals surface area contributed by atoms with Crippen molar-refractivity contribution >= 4 is 28.8 Å². The van der Waals surface area contributed by atoms with Crippen molar-refractivity contribution in [2.24, 2.45) is 12.0 Å². The summed E-state index contributed by atoms with van der Waals surface area (Å²) < 4.78 is 39.4. The molecule has 0 spiro atoms. The van der Waals surface area contributed by atoms with Gasteiger partial charge in [-0.1, -0.05) is 0 Å². The zero-order chi connectivity index (χ0) is 11.9. The van der Waals surface area contributed by atoms with Crippen LogP contribution in [0.4, 0.5) is 13.2 Å². The number of alkyl halides is 3. The van der Waals surface area contributed by atoms with Gasteiger partial charge in [0.2, 0.25) is 0 Å². The molecular formula is C9H9F3IN3. The molecule has 16 heavy (non-hydrogen) atoms. The topological polar surface area (TPSA) is 20.5 Å². The van der Waals surface area contributed by atoms with Crippen molar-refractivity contribution in [1.29, 1.82) is 0 Å². The lowest BCUT2D eigenvalue weighted by Crippen LogP contribution is -2.41.